The molecule has 0 aliphatic carbocycles. The van der Waals surface area contributed by atoms with Crippen molar-refractivity contribution in [1.29, 1.82) is 0 Å². The second-order valence-electron chi connectivity index (χ2n) is 6.39. The minimum absolute atomic E-state index is 0.0545. The average Bonchev–Trinajstić information content (AvgIpc) is 2.62. The highest BCUT2D eigenvalue weighted by atomic mass is 35.5. The molecule has 0 bridgehead atoms. The Bertz CT molecular complexity index is 808. The van der Waals surface area contributed by atoms with Crippen LogP contribution < -0.4 is 10.1 Å². The number of carbonyl (C=O) groups excluding carboxylic acids is 2. The molecule has 5 nitrogen and oxygen atoms in total. The average molecular weight is 394 g/mol. The van der Waals surface area contributed by atoms with Crippen LogP contribution in [0.1, 0.15) is 31.1 Å². The van der Waals surface area contributed by atoms with Gasteiger partial charge in [-0.15, -0.1) is 0 Å². The van der Waals surface area contributed by atoms with Crippen LogP contribution in [0.5, 0.6) is 5.75 Å². The largest absolute Gasteiger partial charge is 0.493 e. The molecule has 27 heavy (non-hydrogen) atoms. The van der Waals surface area contributed by atoms with Gasteiger partial charge in [-0.2, -0.15) is 0 Å². The predicted octanol–water partition coefficient (Wildman–Crippen LogP) is 4.70. The maximum absolute atomic E-state index is 13.0. The second-order valence-corrected chi connectivity index (χ2v) is 6.80. The Morgan fingerprint density at radius 1 is 1.11 bits per heavy atom. The van der Waals surface area contributed by atoms with Crippen LogP contribution in [0.3, 0.4) is 0 Å². The van der Waals surface area contributed by atoms with Crippen molar-refractivity contribution >= 4 is 29.2 Å². The van der Waals surface area contributed by atoms with Gasteiger partial charge in [0, 0.05) is 0 Å². The van der Waals surface area contributed by atoms with Crippen molar-refractivity contribution in [3.05, 3.63) is 58.9 Å². The van der Waals surface area contributed by atoms with Gasteiger partial charge in [0.2, 0.25) is 0 Å². The summed E-state index contributed by atoms with van der Waals surface area (Å²) in [5.74, 6) is -0.689. The molecule has 1 amide bonds. The summed E-state index contributed by atoms with van der Waals surface area (Å²) >= 11 is 5.87. The van der Waals surface area contributed by atoms with Crippen LogP contribution in [0.25, 0.3) is 0 Å². The maximum atomic E-state index is 13.0. The van der Waals surface area contributed by atoms with Crippen molar-refractivity contribution in [2.24, 2.45) is 5.92 Å². The minimum Gasteiger partial charge on any atom is -0.493 e. The minimum atomic E-state index is -1.06. The molecule has 1 atom stereocenters. The highest BCUT2D eigenvalue weighted by Crippen LogP contribution is 2.23. The normalized spacial score (nSPS) is 11.8. The van der Waals surface area contributed by atoms with E-state index in [0.29, 0.717) is 23.8 Å². The van der Waals surface area contributed by atoms with Gasteiger partial charge in [0.1, 0.15) is 11.6 Å². The molecule has 0 aliphatic heterocycles. The number of amides is 1. The summed E-state index contributed by atoms with van der Waals surface area (Å²) in [5, 5.41) is 2.55. The van der Waals surface area contributed by atoms with Crippen molar-refractivity contribution in [2.45, 2.75) is 26.9 Å². The fourth-order valence-corrected chi connectivity index (χ4v) is 2.27. The first-order valence-electron chi connectivity index (χ1n) is 8.46. The van der Waals surface area contributed by atoms with Gasteiger partial charge in [0.15, 0.2) is 6.10 Å². The van der Waals surface area contributed by atoms with E-state index >= 15 is 0 Å². The van der Waals surface area contributed by atoms with Crippen molar-refractivity contribution in [1.82, 2.24) is 0 Å². The first-order chi connectivity index (χ1) is 12.8. The molecule has 0 spiro atoms. The van der Waals surface area contributed by atoms with Crippen LogP contribution in [0.15, 0.2) is 42.5 Å². The Kier molecular flexibility index (Phi) is 7.19. The van der Waals surface area contributed by atoms with E-state index in [1.165, 1.54) is 19.1 Å². The molecule has 0 saturated carbocycles. The zero-order valence-corrected chi connectivity index (χ0v) is 16.0. The monoisotopic (exact) mass is 393 g/mol. The summed E-state index contributed by atoms with van der Waals surface area (Å²) in [7, 11) is 0. The van der Waals surface area contributed by atoms with E-state index in [1.54, 1.807) is 24.3 Å². The Hall–Kier alpha value is -2.60. The molecular weight excluding hydrogens is 373 g/mol. The van der Waals surface area contributed by atoms with Crippen LogP contribution in [0, 0.1) is 11.7 Å². The Morgan fingerprint density at radius 3 is 2.37 bits per heavy atom. The zero-order valence-electron chi connectivity index (χ0n) is 15.3. The van der Waals surface area contributed by atoms with Gasteiger partial charge in [0.25, 0.3) is 5.91 Å². The Labute approximate surface area is 162 Å². The summed E-state index contributed by atoms with van der Waals surface area (Å²) in [5.41, 5.74) is 0.531. The third-order valence-electron chi connectivity index (χ3n) is 3.52. The lowest BCUT2D eigenvalue weighted by atomic mass is 10.2. The van der Waals surface area contributed by atoms with E-state index in [9.17, 15) is 14.0 Å². The smallest absolute Gasteiger partial charge is 0.338 e. The number of halogens is 2. The predicted molar refractivity (Wildman–Crippen MR) is 102 cm³/mol. The van der Waals surface area contributed by atoms with Crippen molar-refractivity contribution in [3.63, 3.8) is 0 Å². The van der Waals surface area contributed by atoms with Crippen LogP contribution in [-0.4, -0.2) is 24.6 Å². The van der Waals surface area contributed by atoms with E-state index in [2.05, 4.69) is 5.32 Å². The quantitative estimate of drug-likeness (QED) is 0.692. The molecule has 0 fully saturated rings. The number of esters is 1. The van der Waals surface area contributed by atoms with E-state index < -0.39 is 23.8 Å². The standard InChI is InChI=1S/C20H21ClFNO4/c1-12(2)11-26-16-7-4-14(5-8-16)20(25)27-13(3)19(24)23-18-9-6-15(22)10-17(18)21/h4-10,12-13H,11H2,1-3H3,(H,23,24)/t13-/m1/s1. The van der Waals surface area contributed by atoms with Crippen LogP contribution in [-0.2, 0) is 9.53 Å². The maximum Gasteiger partial charge on any atom is 0.338 e. The summed E-state index contributed by atoms with van der Waals surface area (Å²) in [6, 6.07) is 10.1. The lowest BCUT2D eigenvalue weighted by molar-refractivity contribution is -0.123. The molecule has 2 aromatic carbocycles. The fraction of sp³-hybridized carbons (Fsp3) is 0.300. The number of hydrogen-bond acceptors (Lipinski definition) is 4. The van der Waals surface area contributed by atoms with Crippen LogP contribution in [0.4, 0.5) is 10.1 Å². The van der Waals surface area contributed by atoms with Gasteiger partial charge in [-0.05, 0) is 55.3 Å². The van der Waals surface area contributed by atoms with Gasteiger partial charge in [0.05, 0.1) is 22.9 Å². The number of rotatable bonds is 7. The summed E-state index contributed by atoms with van der Waals surface area (Å²) in [6.07, 6.45) is -1.06. The van der Waals surface area contributed by atoms with E-state index in [0.717, 1.165) is 6.07 Å². The van der Waals surface area contributed by atoms with Gasteiger partial charge in [-0.25, -0.2) is 9.18 Å². The summed E-state index contributed by atoms with van der Waals surface area (Å²) in [6.45, 7) is 6.09. The Balaban J connectivity index is 1.93. The number of nitrogens with one attached hydrogen (secondary N) is 1. The topological polar surface area (TPSA) is 64.6 Å². The highest BCUT2D eigenvalue weighted by molar-refractivity contribution is 6.33. The third kappa shape index (κ3) is 6.25. The summed E-state index contributed by atoms with van der Waals surface area (Å²) in [4.78, 5) is 24.3. The fourth-order valence-electron chi connectivity index (χ4n) is 2.06. The SMILES string of the molecule is CC(C)COc1ccc(C(=O)O[C@H](C)C(=O)Nc2ccc(F)cc2Cl)cc1. The summed E-state index contributed by atoms with van der Waals surface area (Å²) < 4.78 is 23.8. The Morgan fingerprint density at radius 2 is 1.78 bits per heavy atom. The van der Waals surface area contributed by atoms with Gasteiger partial charge in [-0.3, -0.25) is 4.79 Å². The molecule has 7 heteroatoms. The molecular formula is C20H21ClFNO4. The lowest BCUT2D eigenvalue weighted by Gasteiger charge is -2.14. The first kappa shape index (κ1) is 20.7. The number of carbonyl (C=O) groups is 2. The number of benzene rings is 2. The van der Waals surface area contributed by atoms with E-state index in [-0.39, 0.29) is 10.7 Å². The number of ether oxygens (including phenoxy) is 2. The van der Waals surface area contributed by atoms with Gasteiger partial charge in [-0.1, -0.05) is 25.4 Å². The molecule has 0 heterocycles. The first-order valence-corrected chi connectivity index (χ1v) is 8.84. The molecule has 0 aliphatic rings. The lowest BCUT2D eigenvalue weighted by Crippen LogP contribution is -2.30. The highest BCUT2D eigenvalue weighted by Gasteiger charge is 2.20. The molecule has 2 rings (SSSR count). The van der Waals surface area contributed by atoms with Gasteiger partial charge < -0.3 is 14.8 Å². The third-order valence-corrected chi connectivity index (χ3v) is 3.83. The van der Waals surface area contributed by atoms with E-state index in [4.69, 9.17) is 21.1 Å². The van der Waals surface area contributed by atoms with Crippen LogP contribution >= 0.6 is 11.6 Å². The van der Waals surface area contributed by atoms with Crippen molar-refractivity contribution in [2.75, 3.05) is 11.9 Å². The van der Waals surface area contributed by atoms with Crippen LogP contribution in [0.2, 0.25) is 5.02 Å². The number of hydrogen-bond donors (Lipinski definition) is 1. The van der Waals surface area contributed by atoms with E-state index in [1.807, 2.05) is 13.8 Å². The molecule has 0 radical (unpaired) electrons. The molecule has 0 saturated heterocycles. The molecule has 0 aromatic heterocycles. The molecule has 2 aromatic rings. The molecule has 1 N–H and O–H groups in total. The second kappa shape index (κ2) is 9.37. The van der Waals surface area contributed by atoms with Crippen molar-refractivity contribution in [3.8, 4) is 5.75 Å². The van der Waals surface area contributed by atoms with Gasteiger partial charge >= 0.3 is 5.97 Å². The van der Waals surface area contributed by atoms with Crippen molar-refractivity contribution < 1.29 is 23.5 Å². The molecule has 144 valence electrons. The molecule has 0 unspecified atom stereocenters. The number of anilines is 1. The zero-order chi connectivity index (χ0) is 20.0.